The molecule has 0 aliphatic heterocycles. The Labute approximate surface area is 147 Å². The quantitative estimate of drug-likeness (QED) is 0.722. The highest BCUT2D eigenvalue weighted by molar-refractivity contribution is 7.13. The zero-order valence-electron chi connectivity index (χ0n) is 13.6. The second-order valence-corrected chi connectivity index (χ2v) is 6.49. The average Bonchev–Trinajstić information content (AvgIpc) is 3.20. The van der Waals surface area contributed by atoms with Crippen LogP contribution in [0, 0.1) is 13.8 Å². The number of hydrogen-bond acceptors (Lipinski definition) is 6. The van der Waals surface area contributed by atoms with Crippen LogP contribution >= 0.6 is 11.3 Å². The second-order valence-electron chi connectivity index (χ2n) is 5.38. The van der Waals surface area contributed by atoms with Crippen molar-refractivity contribution in [2.45, 2.75) is 20.4 Å². The number of carbonyl (C=O) groups excluding carboxylic acids is 1. The maximum atomic E-state index is 12.3. The molecule has 128 valence electrons. The zero-order chi connectivity index (χ0) is 18.0. The van der Waals surface area contributed by atoms with Gasteiger partial charge >= 0.3 is 5.97 Å². The van der Waals surface area contributed by atoms with E-state index >= 15 is 0 Å². The largest absolute Gasteiger partial charge is 0.477 e. The smallest absolute Gasteiger partial charge is 0.347 e. The van der Waals surface area contributed by atoms with E-state index in [1.807, 2.05) is 31.2 Å². The van der Waals surface area contributed by atoms with Crippen molar-refractivity contribution in [1.82, 2.24) is 25.3 Å². The molecule has 0 bridgehead atoms. The number of carboxylic acid groups (broad SMARTS) is 1. The van der Waals surface area contributed by atoms with E-state index in [4.69, 9.17) is 5.11 Å². The number of carbonyl (C=O) groups is 2. The van der Waals surface area contributed by atoms with E-state index in [1.54, 1.807) is 11.6 Å². The van der Waals surface area contributed by atoms with Crippen LogP contribution in [0.1, 0.15) is 36.4 Å². The monoisotopic (exact) mass is 357 g/mol. The molecule has 2 aromatic heterocycles. The van der Waals surface area contributed by atoms with Gasteiger partial charge in [-0.15, -0.1) is 16.4 Å². The number of carboxylic acids is 1. The summed E-state index contributed by atoms with van der Waals surface area (Å²) >= 11 is 1.02. The van der Waals surface area contributed by atoms with E-state index in [-0.39, 0.29) is 23.0 Å². The number of aromatic carboxylic acids is 1. The Balaban J connectivity index is 1.72. The highest BCUT2D eigenvalue weighted by atomic mass is 32.1. The molecule has 0 saturated carbocycles. The van der Waals surface area contributed by atoms with Crippen LogP contribution in [0.3, 0.4) is 0 Å². The van der Waals surface area contributed by atoms with Gasteiger partial charge in [0.25, 0.3) is 5.91 Å². The maximum Gasteiger partial charge on any atom is 0.347 e. The van der Waals surface area contributed by atoms with E-state index in [0.29, 0.717) is 10.7 Å². The second kappa shape index (κ2) is 6.81. The van der Waals surface area contributed by atoms with Crippen molar-refractivity contribution in [3.63, 3.8) is 0 Å². The van der Waals surface area contributed by atoms with Crippen molar-refractivity contribution in [1.29, 1.82) is 0 Å². The first kappa shape index (κ1) is 16.8. The number of benzene rings is 1. The van der Waals surface area contributed by atoms with E-state index in [1.165, 1.54) is 6.20 Å². The minimum absolute atomic E-state index is 0.130. The molecule has 0 spiro atoms. The van der Waals surface area contributed by atoms with Gasteiger partial charge in [0.15, 0.2) is 5.69 Å². The van der Waals surface area contributed by atoms with Crippen LogP contribution in [-0.4, -0.2) is 37.0 Å². The van der Waals surface area contributed by atoms with Crippen LogP contribution in [0.4, 0.5) is 0 Å². The van der Waals surface area contributed by atoms with Gasteiger partial charge in [-0.25, -0.2) is 14.5 Å². The van der Waals surface area contributed by atoms with E-state index in [0.717, 1.165) is 22.6 Å². The number of aromatic nitrogens is 4. The van der Waals surface area contributed by atoms with Gasteiger partial charge in [-0.1, -0.05) is 22.9 Å². The van der Waals surface area contributed by atoms with Crippen LogP contribution in [0.25, 0.3) is 5.69 Å². The van der Waals surface area contributed by atoms with Crippen LogP contribution in [-0.2, 0) is 6.54 Å². The maximum absolute atomic E-state index is 12.3. The molecule has 25 heavy (non-hydrogen) atoms. The van der Waals surface area contributed by atoms with Gasteiger partial charge in [0.2, 0.25) is 0 Å². The SMILES string of the molecule is Cc1ccc(-n2nnc(C(=O)NCc3ncc(C(=O)O)s3)c2C)cc1. The molecule has 9 heteroatoms. The fourth-order valence-electron chi connectivity index (χ4n) is 2.20. The third-order valence-corrected chi connectivity index (χ3v) is 4.54. The van der Waals surface area contributed by atoms with E-state index < -0.39 is 5.97 Å². The lowest BCUT2D eigenvalue weighted by molar-refractivity contribution is 0.0701. The molecule has 0 aliphatic rings. The van der Waals surface area contributed by atoms with Gasteiger partial charge in [-0.2, -0.15) is 0 Å². The molecule has 1 aromatic carbocycles. The first-order chi connectivity index (χ1) is 12.0. The summed E-state index contributed by atoms with van der Waals surface area (Å²) in [6, 6.07) is 7.72. The lowest BCUT2D eigenvalue weighted by Crippen LogP contribution is -2.24. The van der Waals surface area contributed by atoms with Crippen LogP contribution in [0.5, 0.6) is 0 Å². The lowest BCUT2D eigenvalue weighted by atomic mass is 10.2. The molecule has 8 nitrogen and oxygen atoms in total. The summed E-state index contributed by atoms with van der Waals surface area (Å²) in [4.78, 5) is 27.2. The molecule has 2 N–H and O–H groups in total. The van der Waals surface area contributed by atoms with Crippen molar-refractivity contribution in [3.05, 3.63) is 57.3 Å². The Morgan fingerprint density at radius 2 is 1.96 bits per heavy atom. The number of nitrogens with one attached hydrogen (secondary N) is 1. The van der Waals surface area contributed by atoms with Gasteiger partial charge in [-0.3, -0.25) is 4.79 Å². The summed E-state index contributed by atoms with van der Waals surface area (Å²) in [5.41, 5.74) is 2.78. The molecule has 0 atom stereocenters. The topological polar surface area (TPSA) is 110 Å². The Morgan fingerprint density at radius 3 is 2.60 bits per heavy atom. The minimum Gasteiger partial charge on any atom is -0.477 e. The average molecular weight is 357 g/mol. The molecule has 0 saturated heterocycles. The van der Waals surface area contributed by atoms with Crippen LogP contribution in [0.15, 0.2) is 30.5 Å². The molecular weight excluding hydrogens is 342 g/mol. The fraction of sp³-hybridized carbons (Fsp3) is 0.188. The normalized spacial score (nSPS) is 10.6. The highest BCUT2D eigenvalue weighted by Crippen LogP contribution is 2.15. The Bertz CT molecular complexity index is 930. The lowest BCUT2D eigenvalue weighted by Gasteiger charge is -2.04. The van der Waals surface area contributed by atoms with Crippen LogP contribution < -0.4 is 5.32 Å². The van der Waals surface area contributed by atoms with Crippen molar-refractivity contribution >= 4 is 23.2 Å². The van der Waals surface area contributed by atoms with Crippen molar-refractivity contribution in [2.24, 2.45) is 0 Å². The van der Waals surface area contributed by atoms with Gasteiger partial charge in [0.1, 0.15) is 9.88 Å². The highest BCUT2D eigenvalue weighted by Gasteiger charge is 2.18. The van der Waals surface area contributed by atoms with E-state index in [2.05, 4.69) is 20.6 Å². The molecular formula is C16H15N5O3S. The number of amides is 1. The third kappa shape index (κ3) is 3.56. The first-order valence-corrected chi connectivity index (χ1v) is 8.23. The molecule has 0 unspecified atom stereocenters. The van der Waals surface area contributed by atoms with Crippen molar-refractivity contribution < 1.29 is 14.7 Å². The molecule has 2 heterocycles. The predicted octanol–water partition coefficient (Wildman–Crippen LogP) is 1.97. The molecule has 0 aliphatic carbocycles. The number of aryl methyl sites for hydroxylation is 1. The zero-order valence-corrected chi connectivity index (χ0v) is 14.4. The van der Waals surface area contributed by atoms with Gasteiger partial charge in [0.05, 0.1) is 24.1 Å². The summed E-state index contributed by atoms with van der Waals surface area (Å²) in [5.74, 6) is -1.42. The molecule has 1 amide bonds. The predicted molar refractivity (Wildman–Crippen MR) is 91.1 cm³/mol. The summed E-state index contributed by atoms with van der Waals surface area (Å²) in [6.07, 6.45) is 1.27. The first-order valence-electron chi connectivity index (χ1n) is 7.41. The molecule has 0 radical (unpaired) electrons. The van der Waals surface area contributed by atoms with Gasteiger partial charge in [-0.05, 0) is 26.0 Å². The number of thiazole rings is 1. The molecule has 3 rings (SSSR count). The molecule has 3 aromatic rings. The number of hydrogen-bond donors (Lipinski definition) is 2. The number of nitrogens with zero attached hydrogens (tertiary/aromatic N) is 4. The third-order valence-electron chi connectivity index (χ3n) is 3.55. The fourth-order valence-corrected chi connectivity index (χ4v) is 2.90. The van der Waals surface area contributed by atoms with Crippen molar-refractivity contribution in [3.8, 4) is 5.69 Å². The van der Waals surface area contributed by atoms with Crippen LogP contribution in [0.2, 0.25) is 0 Å². The summed E-state index contributed by atoms with van der Waals surface area (Å²) in [7, 11) is 0. The standard InChI is InChI=1S/C16H15N5O3S/c1-9-3-5-11(6-4-9)21-10(2)14(19-20-21)15(22)18-8-13-17-7-12(25-13)16(23)24/h3-7H,8H2,1-2H3,(H,18,22)(H,23,24). The number of rotatable bonds is 5. The Hall–Kier alpha value is -3.07. The van der Waals surface area contributed by atoms with Gasteiger partial charge in [0, 0.05) is 0 Å². The van der Waals surface area contributed by atoms with E-state index in [9.17, 15) is 9.59 Å². The molecule has 0 fully saturated rings. The Morgan fingerprint density at radius 1 is 1.24 bits per heavy atom. The van der Waals surface area contributed by atoms with Crippen molar-refractivity contribution in [2.75, 3.05) is 0 Å². The summed E-state index contributed by atoms with van der Waals surface area (Å²) in [6.45, 7) is 3.89. The minimum atomic E-state index is -1.04. The Kier molecular flexibility index (Phi) is 4.57. The summed E-state index contributed by atoms with van der Waals surface area (Å²) < 4.78 is 1.60. The summed E-state index contributed by atoms with van der Waals surface area (Å²) in [5, 5.41) is 20.1. The van der Waals surface area contributed by atoms with Gasteiger partial charge < -0.3 is 10.4 Å².